The predicted octanol–water partition coefficient (Wildman–Crippen LogP) is 0.908. The number of ether oxygens (including phenoxy) is 5. The monoisotopic (exact) mass is 389 g/mol. The van der Waals surface area contributed by atoms with Crippen LogP contribution in [0.5, 0.6) is 0 Å². The molecule has 2 N–H and O–H groups in total. The zero-order valence-electron chi connectivity index (χ0n) is 17.4. The molecule has 2 saturated heterocycles. The minimum atomic E-state index is -1.01. The molecule has 10 atom stereocenters. The van der Waals surface area contributed by atoms with Crippen molar-refractivity contribution in [3.05, 3.63) is 0 Å². The zero-order valence-corrected chi connectivity index (χ0v) is 17.4. The lowest BCUT2D eigenvalue weighted by atomic mass is 9.85. The Labute approximate surface area is 161 Å². The van der Waals surface area contributed by atoms with Gasteiger partial charge in [-0.1, -0.05) is 20.8 Å². The van der Waals surface area contributed by atoms with Crippen LogP contribution >= 0.6 is 0 Å². The van der Waals surface area contributed by atoms with E-state index < -0.39 is 30.8 Å². The molecule has 8 heteroatoms. The molecule has 0 radical (unpaired) electrons. The Bertz CT molecular complexity index is 491. The maximum Gasteiger partial charge on any atom is 0.302 e. The van der Waals surface area contributed by atoms with Gasteiger partial charge in [0.05, 0.1) is 24.4 Å². The quantitative estimate of drug-likeness (QED) is 0.647. The van der Waals surface area contributed by atoms with E-state index in [1.54, 1.807) is 14.2 Å². The average molecular weight is 389 g/mol. The fraction of sp³-hybridized carbons (Fsp3) is 0.947. The van der Waals surface area contributed by atoms with Crippen molar-refractivity contribution in [1.29, 1.82) is 0 Å². The van der Waals surface area contributed by atoms with Crippen LogP contribution in [0.15, 0.2) is 0 Å². The summed E-state index contributed by atoms with van der Waals surface area (Å²) >= 11 is 0. The molecule has 0 spiro atoms. The lowest BCUT2D eigenvalue weighted by Gasteiger charge is -2.48. The summed E-state index contributed by atoms with van der Waals surface area (Å²) in [6, 6.07) is -0.308. The molecule has 0 aromatic carbocycles. The fourth-order valence-corrected chi connectivity index (χ4v) is 4.19. The van der Waals surface area contributed by atoms with Gasteiger partial charge < -0.3 is 34.1 Å². The molecule has 2 fully saturated rings. The maximum atomic E-state index is 11.2. The first-order chi connectivity index (χ1) is 12.7. The first-order valence-corrected chi connectivity index (χ1v) is 9.69. The van der Waals surface area contributed by atoms with Gasteiger partial charge in [-0.15, -0.1) is 0 Å². The summed E-state index contributed by atoms with van der Waals surface area (Å²) < 4.78 is 29.0. The molecule has 0 saturated carbocycles. The number of rotatable bonds is 6. The SMILES string of the molecule is CNC1[C@@H](C)[C@H](O[C@@H]2OC(C)[C@@H](C)C(OC)[C@@H]2C)C(COC(C)=O)O[C@@H]1O. The molecule has 8 nitrogen and oxygen atoms in total. The van der Waals surface area contributed by atoms with Gasteiger partial charge in [0.2, 0.25) is 0 Å². The maximum absolute atomic E-state index is 11.2. The third-order valence-electron chi connectivity index (χ3n) is 5.98. The first-order valence-electron chi connectivity index (χ1n) is 9.69. The van der Waals surface area contributed by atoms with E-state index in [0.29, 0.717) is 0 Å². The van der Waals surface area contributed by atoms with E-state index in [0.717, 1.165) is 0 Å². The third kappa shape index (κ3) is 4.99. The average Bonchev–Trinajstić information content (AvgIpc) is 2.61. The third-order valence-corrected chi connectivity index (χ3v) is 5.98. The number of nitrogens with one attached hydrogen (secondary N) is 1. The molecule has 0 aromatic heterocycles. The van der Waals surface area contributed by atoms with Gasteiger partial charge in [0.1, 0.15) is 12.7 Å². The molecule has 2 heterocycles. The van der Waals surface area contributed by atoms with E-state index in [9.17, 15) is 9.90 Å². The number of hydrogen-bond donors (Lipinski definition) is 2. The van der Waals surface area contributed by atoms with E-state index in [1.165, 1.54) is 6.92 Å². The molecule has 27 heavy (non-hydrogen) atoms. The van der Waals surface area contributed by atoms with Crippen molar-refractivity contribution >= 4 is 5.97 Å². The number of hydrogen-bond acceptors (Lipinski definition) is 8. The van der Waals surface area contributed by atoms with Gasteiger partial charge in [-0.05, 0) is 14.0 Å². The second-order valence-electron chi connectivity index (χ2n) is 7.77. The molecule has 2 rings (SSSR count). The lowest BCUT2D eigenvalue weighted by molar-refractivity contribution is -0.320. The van der Waals surface area contributed by atoms with Crippen LogP contribution in [0.3, 0.4) is 0 Å². The number of aliphatic hydroxyl groups excluding tert-OH is 1. The van der Waals surface area contributed by atoms with Crippen LogP contribution < -0.4 is 5.32 Å². The van der Waals surface area contributed by atoms with Crippen molar-refractivity contribution in [3.63, 3.8) is 0 Å². The van der Waals surface area contributed by atoms with Gasteiger partial charge in [0.15, 0.2) is 12.6 Å². The topological polar surface area (TPSA) is 95.5 Å². The number of esters is 1. The van der Waals surface area contributed by atoms with Crippen LogP contribution in [0, 0.1) is 17.8 Å². The number of methoxy groups -OCH3 is 1. The van der Waals surface area contributed by atoms with Crippen molar-refractivity contribution in [2.75, 3.05) is 20.8 Å². The number of carbonyl (C=O) groups excluding carboxylic acids is 1. The zero-order chi connectivity index (χ0) is 20.3. The van der Waals surface area contributed by atoms with E-state index in [2.05, 4.69) is 12.2 Å². The van der Waals surface area contributed by atoms with Gasteiger partial charge in [-0.2, -0.15) is 0 Å². The second-order valence-corrected chi connectivity index (χ2v) is 7.77. The minimum Gasteiger partial charge on any atom is -0.463 e. The largest absolute Gasteiger partial charge is 0.463 e. The highest BCUT2D eigenvalue weighted by Crippen LogP contribution is 2.36. The van der Waals surface area contributed by atoms with Crippen molar-refractivity contribution in [3.8, 4) is 0 Å². The van der Waals surface area contributed by atoms with Gasteiger partial charge in [-0.3, -0.25) is 4.79 Å². The molecule has 4 unspecified atom stereocenters. The fourth-order valence-electron chi connectivity index (χ4n) is 4.19. The predicted molar refractivity (Wildman–Crippen MR) is 97.9 cm³/mol. The van der Waals surface area contributed by atoms with Gasteiger partial charge >= 0.3 is 5.97 Å². The van der Waals surface area contributed by atoms with Crippen molar-refractivity contribution in [2.24, 2.45) is 17.8 Å². The summed E-state index contributed by atoms with van der Waals surface area (Å²) in [6.45, 7) is 9.49. The van der Waals surface area contributed by atoms with Gasteiger partial charge in [-0.25, -0.2) is 0 Å². The van der Waals surface area contributed by atoms with Crippen LogP contribution in [0.1, 0.15) is 34.6 Å². The van der Waals surface area contributed by atoms with Crippen molar-refractivity contribution in [2.45, 2.75) is 77.7 Å². The Hall–Kier alpha value is -0.770. The molecule has 2 aliphatic rings. The molecular formula is C19H35NO7. The number of carbonyl (C=O) groups is 1. The van der Waals surface area contributed by atoms with Crippen molar-refractivity contribution in [1.82, 2.24) is 5.32 Å². The Morgan fingerprint density at radius 3 is 2.30 bits per heavy atom. The second kappa shape index (κ2) is 9.62. The van der Waals surface area contributed by atoms with Gasteiger partial charge in [0.25, 0.3) is 0 Å². The molecule has 158 valence electrons. The Morgan fingerprint density at radius 1 is 1.07 bits per heavy atom. The molecule has 0 bridgehead atoms. The Kier molecular flexibility index (Phi) is 8.03. The minimum absolute atomic E-state index is 0.0103. The van der Waals surface area contributed by atoms with Crippen LogP contribution in [0.25, 0.3) is 0 Å². The summed E-state index contributed by atoms with van der Waals surface area (Å²) in [4.78, 5) is 11.2. The molecule has 0 aromatic rings. The Balaban J connectivity index is 2.18. The van der Waals surface area contributed by atoms with E-state index >= 15 is 0 Å². The van der Waals surface area contributed by atoms with Crippen LogP contribution in [-0.2, 0) is 28.5 Å². The highest BCUT2D eigenvalue weighted by molar-refractivity contribution is 5.65. The van der Waals surface area contributed by atoms with Crippen LogP contribution in [0.2, 0.25) is 0 Å². The summed E-state index contributed by atoms with van der Waals surface area (Å²) in [5.74, 6) is -0.235. The lowest BCUT2D eigenvalue weighted by Crippen LogP contribution is -2.61. The van der Waals surface area contributed by atoms with Crippen LogP contribution in [0.4, 0.5) is 0 Å². The molecule has 0 aliphatic carbocycles. The summed E-state index contributed by atoms with van der Waals surface area (Å²) in [5.41, 5.74) is 0. The highest BCUT2D eigenvalue weighted by Gasteiger charge is 2.48. The van der Waals surface area contributed by atoms with Crippen molar-refractivity contribution < 1.29 is 33.6 Å². The smallest absolute Gasteiger partial charge is 0.302 e. The standard InChI is InChI=1S/C19H35NO7/c1-9-12(4)25-19(11(3)16(9)23-7)27-17-10(2)15(20-6)18(22)26-14(17)8-24-13(5)21/h9-12,14-20,22H,8H2,1-7H3/t9-,10-,11+,12?,14?,15?,16?,17+,18+,19+/m1/s1. The van der Waals surface area contributed by atoms with Gasteiger partial charge in [0, 0.05) is 31.8 Å². The molecule has 2 aliphatic heterocycles. The molecular weight excluding hydrogens is 354 g/mol. The van der Waals surface area contributed by atoms with E-state index in [-0.39, 0.29) is 42.6 Å². The summed E-state index contributed by atoms with van der Waals surface area (Å²) in [6.07, 6.45) is -2.51. The summed E-state index contributed by atoms with van der Waals surface area (Å²) in [7, 11) is 3.47. The summed E-state index contributed by atoms with van der Waals surface area (Å²) in [5, 5.41) is 13.4. The Morgan fingerprint density at radius 2 is 1.74 bits per heavy atom. The van der Waals surface area contributed by atoms with E-state index in [1.807, 2.05) is 20.8 Å². The first kappa shape index (κ1) is 22.5. The van der Waals surface area contributed by atoms with E-state index in [4.69, 9.17) is 23.7 Å². The molecule has 0 amide bonds. The normalized spacial score (nSPS) is 45.5. The highest BCUT2D eigenvalue weighted by atomic mass is 16.7. The number of aliphatic hydroxyl groups is 1. The van der Waals surface area contributed by atoms with Crippen LogP contribution in [-0.4, -0.2) is 74.9 Å². The number of likely N-dealkylation sites (N-methyl/N-ethyl adjacent to an activating group) is 1.